The Labute approximate surface area is 229 Å². The van der Waals surface area contributed by atoms with Gasteiger partial charge in [0.1, 0.15) is 12.4 Å². The summed E-state index contributed by atoms with van der Waals surface area (Å²) in [4.78, 5) is 15.3. The SMILES string of the molecule is O=C1NS(=O)(=O)C/C=C/[C@H](O)CC[C@@H]2CC[C@H]2CN2CCCCc3cc(Cl)ccc3COc3ccc1cc32. The number of aliphatic hydroxyl groups excluding tert-OH is 1. The number of rotatable bonds is 0. The smallest absolute Gasteiger partial charge is 0.264 e. The second-order valence-corrected chi connectivity index (χ2v) is 12.9. The van der Waals surface area contributed by atoms with Crippen molar-refractivity contribution >= 4 is 33.2 Å². The monoisotopic (exact) mass is 558 g/mol. The molecule has 0 spiro atoms. The van der Waals surface area contributed by atoms with Gasteiger partial charge in [-0.3, -0.25) is 4.79 Å². The minimum Gasteiger partial charge on any atom is -0.487 e. The number of aryl methyl sites for hydroxylation is 1. The van der Waals surface area contributed by atoms with Crippen LogP contribution in [0.4, 0.5) is 5.69 Å². The number of aliphatic hydroxyl groups is 1. The maximum absolute atomic E-state index is 13.0. The Hall–Kier alpha value is -2.55. The maximum Gasteiger partial charge on any atom is 0.264 e. The Bertz CT molecular complexity index is 1310. The van der Waals surface area contributed by atoms with E-state index in [1.165, 1.54) is 17.7 Å². The number of amides is 1. The van der Waals surface area contributed by atoms with E-state index in [2.05, 4.69) is 9.62 Å². The fraction of sp³-hybridized carbons (Fsp3) is 0.483. The fourth-order valence-electron chi connectivity index (χ4n) is 5.68. The summed E-state index contributed by atoms with van der Waals surface area (Å²) in [5, 5.41) is 11.1. The van der Waals surface area contributed by atoms with E-state index in [9.17, 15) is 18.3 Å². The van der Waals surface area contributed by atoms with E-state index in [4.69, 9.17) is 16.3 Å². The third-order valence-corrected chi connectivity index (χ3v) is 9.39. The molecule has 2 heterocycles. The van der Waals surface area contributed by atoms with Crippen molar-refractivity contribution in [3.63, 3.8) is 0 Å². The van der Waals surface area contributed by atoms with Crippen LogP contribution in [0.3, 0.4) is 0 Å². The number of anilines is 1. The van der Waals surface area contributed by atoms with Gasteiger partial charge in [0.25, 0.3) is 5.91 Å². The van der Waals surface area contributed by atoms with Crippen molar-refractivity contribution in [3.8, 4) is 5.75 Å². The van der Waals surface area contributed by atoms with Gasteiger partial charge in [-0.25, -0.2) is 13.1 Å². The van der Waals surface area contributed by atoms with E-state index in [1.807, 2.05) is 18.2 Å². The summed E-state index contributed by atoms with van der Waals surface area (Å²) in [6, 6.07) is 11.0. The highest BCUT2D eigenvalue weighted by Gasteiger charge is 2.33. The molecule has 3 aliphatic rings. The van der Waals surface area contributed by atoms with Crippen molar-refractivity contribution in [2.24, 2.45) is 11.8 Å². The molecule has 7 nitrogen and oxygen atoms in total. The second-order valence-electron chi connectivity index (χ2n) is 10.7. The standard InChI is InChI=1S/C29H35ClN2O5S/c30-25-11-8-24-19-37-28-13-10-22-17-27(28)32(14-2-1-4-21(24)16-25)18-23-7-6-20(23)9-12-26(33)5-3-15-38(35,36)31-29(22)34/h3,5,8,10-11,13,16-17,20,23,26,33H,1-2,4,6-7,9,12,14-15,18-19H2,(H,31,34)/b5-3+/t20-,23-,26-/m0/s1. The van der Waals surface area contributed by atoms with Crippen LogP contribution in [0, 0.1) is 11.8 Å². The van der Waals surface area contributed by atoms with Crippen LogP contribution in [0.25, 0.3) is 0 Å². The van der Waals surface area contributed by atoms with Gasteiger partial charge in [-0.2, -0.15) is 0 Å². The molecule has 1 fully saturated rings. The highest BCUT2D eigenvalue weighted by molar-refractivity contribution is 7.90. The summed E-state index contributed by atoms with van der Waals surface area (Å²) in [5.41, 5.74) is 3.35. The lowest BCUT2D eigenvalue weighted by atomic mass is 9.70. The largest absolute Gasteiger partial charge is 0.487 e. The number of nitrogens with one attached hydrogen (secondary N) is 1. The lowest BCUT2D eigenvalue weighted by Gasteiger charge is -2.41. The number of sulfonamides is 1. The van der Waals surface area contributed by atoms with Crippen molar-refractivity contribution in [3.05, 3.63) is 70.3 Å². The number of hydrogen-bond donors (Lipinski definition) is 2. The molecule has 5 rings (SSSR count). The number of benzene rings is 2. The van der Waals surface area contributed by atoms with Gasteiger partial charge in [-0.1, -0.05) is 29.8 Å². The molecule has 2 aromatic carbocycles. The molecule has 2 aromatic rings. The van der Waals surface area contributed by atoms with E-state index in [0.717, 1.165) is 62.9 Å². The van der Waals surface area contributed by atoms with E-state index in [1.54, 1.807) is 18.2 Å². The molecule has 9 heteroatoms. The quantitative estimate of drug-likeness (QED) is 0.448. The molecule has 0 aromatic heterocycles. The average Bonchev–Trinajstić information content (AvgIpc) is 2.89. The number of nitrogens with zero attached hydrogens (tertiary/aromatic N) is 1. The number of carbonyl (C=O) groups is 1. The second kappa shape index (κ2) is 11.7. The van der Waals surface area contributed by atoms with E-state index >= 15 is 0 Å². The first-order valence-corrected chi connectivity index (χ1v) is 15.5. The third kappa shape index (κ3) is 6.53. The number of ether oxygens (including phenoxy) is 1. The van der Waals surface area contributed by atoms with Crippen LogP contribution in [-0.4, -0.2) is 44.4 Å². The summed E-state index contributed by atoms with van der Waals surface area (Å²) < 4.78 is 33.6. The number of hydrogen-bond acceptors (Lipinski definition) is 6. The highest BCUT2D eigenvalue weighted by Crippen LogP contribution is 2.41. The lowest BCUT2D eigenvalue weighted by Crippen LogP contribution is -2.39. The van der Waals surface area contributed by atoms with E-state index in [0.29, 0.717) is 35.6 Å². The predicted octanol–water partition coefficient (Wildman–Crippen LogP) is 4.86. The maximum atomic E-state index is 13.0. The number of halogens is 1. The Morgan fingerprint density at radius 1 is 1.00 bits per heavy atom. The molecule has 0 radical (unpaired) electrons. The number of fused-ring (bicyclic) bond motifs is 3. The lowest BCUT2D eigenvalue weighted by molar-refractivity contribution is 0.0981. The van der Waals surface area contributed by atoms with Crippen molar-refractivity contribution in [1.82, 2.24) is 4.72 Å². The first-order valence-electron chi connectivity index (χ1n) is 13.5. The highest BCUT2D eigenvalue weighted by atomic mass is 35.5. The van der Waals surface area contributed by atoms with Crippen molar-refractivity contribution in [1.29, 1.82) is 0 Å². The molecule has 2 N–H and O–H groups in total. The third-order valence-electron chi connectivity index (χ3n) is 8.02. The molecule has 3 atom stereocenters. The van der Waals surface area contributed by atoms with Crippen LogP contribution >= 0.6 is 11.6 Å². The molecule has 1 amide bonds. The molecule has 2 bridgehead atoms. The zero-order valence-corrected chi connectivity index (χ0v) is 23.0. The van der Waals surface area contributed by atoms with Gasteiger partial charge < -0.3 is 14.7 Å². The average molecular weight is 559 g/mol. The summed E-state index contributed by atoms with van der Waals surface area (Å²) in [6.07, 6.45) is 8.84. The molecule has 1 saturated carbocycles. The van der Waals surface area contributed by atoms with Gasteiger partial charge in [0.15, 0.2) is 0 Å². The summed E-state index contributed by atoms with van der Waals surface area (Å²) in [6.45, 7) is 2.00. The van der Waals surface area contributed by atoms with E-state index in [-0.39, 0.29) is 11.3 Å². The fourth-order valence-corrected chi connectivity index (χ4v) is 6.73. The van der Waals surface area contributed by atoms with Gasteiger partial charge in [-0.05, 0) is 98.2 Å². The molecule has 0 unspecified atom stereocenters. The van der Waals surface area contributed by atoms with E-state index < -0.39 is 22.0 Å². The summed E-state index contributed by atoms with van der Waals surface area (Å²) in [7, 11) is -3.89. The summed E-state index contributed by atoms with van der Waals surface area (Å²) >= 11 is 6.28. The van der Waals surface area contributed by atoms with Crippen LogP contribution in [0.5, 0.6) is 5.75 Å². The van der Waals surface area contributed by atoms with Crippen LogP contribution in [0.2, 0.25) is 5.02 Å². The molecule has 204 valence electrons. The van der Waals surface area contributed by atoms with Gasteiger partial charge >= 0.3 is 0 Å². The Morgan fingerprint density at radius 2 is 1.82 bits per heavy atom. The first kappa shape index (κ1) is 27.0. The molecular formula is C29H35ClN2O5S. The minimum absolute atomic E-state index is 0.268. The zero-order valence-electron chi connectivity index (χ0n) is 21.4. The van der Waals surface area contributed by atoms with Crippen LogP contribution in [0.15, 0.2) is 48.6 Å². The zero-order chi connectivity index (χ0) is 26.7. The summed E-state index contributed by atoms with van der Waals surface area (Å²) in [5.74, 6) is 0.624. The van der Waals surface area contributed by atoms with Gasteiger partial charge in [0.05, 0.1) is 17.5 Å². The Kier molecular flexibility index (Phi) is 8.31. The number of carbonyl (C=O) groups excluding carboxylic acids is 1. The molecular weight excluding hydrogens is 524 g/mol. The molecule has 0 saturated heterocycles. The minimum atomic E-state index is -3.89. The topological polar surface area (TPSA) is 95.9 Å². The van der Waals surface area contributed by atoms with Crippen molar-refractivity contribution in [2.45, 2.75) is 57.7 Å². The van der Waals surface area contributed by atoms with Crippen LogP contribution in [0.1, 0.15) is 60.0 Å². The molecule has 2 aliphatic heterocycles. The van der Waals surface area contributed by atoms with Gasteiger partial charge in [0.2, 0.25) is 10.0 Å². The van der Waals surface area contributed by atoms with Crippen molar-refractivity contribution < 1.29 is 23.1 Å². The van der Waals surface area contributed by atoms with Gasteiger partial charge in [-0.15, -0.1) is 0 Å². The predicted molar refractivity (Wildman–Crippen MR) is 149 cm³/mol. The molecule has 1 aliphatic carbocycles. The normalized spacial score (nSPS) is 26.8. The van der Waals surface area contributed by atoms with Gasteiger partial charge in [0, 0.05) is 23.7 Å². The molecule has 38 heavy (non-hydrogen) atoms. The Balaban J connectivity index is 1.51. The van der Waals surface area contributed by atoms with Crippen LogP contribution < -0.4 is 14.4 Å². The van der Waals surface area contributed by atoms with Crippen molar-refractivity contribution in [2.75, 3.05) is 23.7 Å². The van der Waals surface area contributed by atoms with Crippen LogP contribution in [-0.2, 0) is 23.1 Å². The first-order chi connectivity index (χ1) is 18.3. The Morgan fingerprint density at radius 3 is 2.63 bits per heavy atom.